The fraction of sp³-hybridized carbons (Fsp3) is 0.385. The first-order chi connectivity index (χ1) is 9.27. The molecule has 1 aromatic heterocycles. The van der Waals surface area contributed by atoms with Crippen molar-refractivity contribution in [1.29, 1.82) is 0 Å². The first-order valence-electron chi connectivity index (χ1n) is 6.00. The number of aromatic nitrogens is 3. The number of rotatable bonds is 3. The number of aryl methyl sites for hydroxylation is 2. The SMILES string of the molecule is Cc1nc(C)n(CC(O)c2cccc(C(F)(F)F)c2)n1. The maximum atomic E-state index is 12.6. The monoisotopic (exact) mass is 285 g/mol. The van der Waals surface area contributed by atoms with E-state index in [-0.39, 0.29) is 12.1 Å². The number of nitrogens with zero attached hydrogens (tertiary/aromatic N) is 3. The average molecular weight is 285 g/mol. The minimum Gasteiger partial charge on any atom is -0.386 e. The molecule has 0 spiro atoms. The van der Waals surface area contributed by atoms with Gasteiger partial charge in [-0.25, -0.2) is 9.67 Å². The van der Waals surface area contributed by atoms with Crippen molar-refractivity contribution in [2.75, 3.05) is 0 Å². The quantitative estimate of drug-likeness (QED) is 0.943. The summed E-state index contributed by atoms with van der Waals surface area (Å²) >= 11 is 0. The number of halogens is 3. The zero-order chi connectivity index (χ0) is 14.9. The van der Waals surface area contributed by atoms with Crippen molar-refractivity contribution >= 4 is 0 Å². The highest BCUT2D eigenvalue weighted by Crippen LogP contribution is 2.31. The van der Waals surface area contributed by atoms with E-state index in [1.165, 1.54) is 16.8 Å². The van der Waals surface area contributed by atoms with Gasteiger partial charge in [-0.1, -0.05) is 12.1 Å². The number of aliphatic hydroxyl groups is 1. The van der Waals surface area contributed by atoms with Crippen molar-refractivity contribution in [2.24, 2.45) is 0 Å². The second-order valence-electron chi connectivity index (χ2n) is 4.53. The normalized spacial score (nSPS) is 13.5. The molecule has 0 radical (unpaired) electrons. The second kappa shape index (κ2) is 5.24. The molecule has 0 aliphatic carbocycles. The molecule has 0 amide bonds. The molecule has 0 bridgehead atoms. The Bertz CT molecular complexity index is 607. The van der Waals surface area contributed by atoms with E-state index in [1.807, 2.05) is 0 Å². The van der Waals surface area contributed by atoms with Crippen LogP contribution in [0, 0.1) is 13.8 Å². The summed E-state index contributed by atoms with van der Waals surface area (Å²) in [7, 11) is 0. The first-order valence-corrected chi connectivity index (χ1v) is 6.00. The summed E-state index contributed by atoms with van der Waals surface area (Å²) in [6.07, 6.45) is -5.49. The third kappa shape index (κ3) is 3.16. The molecule has 0 aliphatic rings. The molecule has 0 fully saturated rings. The average Bonchev–Trinajstić information content (AvgIpc) is 2.67. The van der Waals surface area contributed by atoms with E-state index in [9.17, 15) is 18.3 Å². The van der Waals surface area contributed by atoms with Crippen LogP contribution in [0.2, 0.25) is 0 Å². The number of hydrogen-bond donors (Lipinski definition) is 1. The van der Waals surface area contributed by atoms with Gasteiger partial charge in [-0.05, 0) is 31.5 Å². The van der Waals surface area contributed by atoms with E-state index in [0.717, 1.165) is 12.1 Å². The second-order valence-corrected chi connectivity index (χ2v) is 4.53. The summed E-state index contributed by atoms with van der Waals surface area (Å²) < 4.78 is 39.3. The van der Waals surface area contributed by atoms with Gasteiger partial charge in [0.25, 0.3) is 0 Å². The molecule has 1 atom stereocenters. The lowest BCUT2D eigenvalue weighted by Gasteiger charge is -2.14. The number of alkyl halides is 3. The molecule has 4 nitrogen and oxygen atoms in total. The summed E-state index contributed by atoms with van der Waals surface area (Å²) in [5.74, 6) is 1.16. The van der Waals surface area contributed by atoms with Crippen molar-refractivity contribution in [3.8, 4) is 0 Å². The minimum atomic E-state index is -4.42. The van der Waals surface area contributed by atoms with Crippen molar-refractivity contribution in [1.82, 2.24) is 14.8 Å². The van der Waals surface area contributed by atoms with Gasteiger partial charge in [0.15, 0.2) is 0 Å². The molecule has 2 aromatic rings. The zero-order valence-electron chi connectivity index (χ0n) is 11.0. The van der Waals surface area contributed by atoms with Crippen molar-refractivity contribution in [3.63, 3.8) is 0 Å². The summed E-state index contributed by atoms with van der Waals surface area (Å²) in [6.45, 7) is 3.49. The van der Waals surface area contributed by atoms with E-state index < -0.39 is 17.8 Å². The van der Waals surface area contributed by atoms with Gasteiger partial charge in [0.1, 0.15) is 11.6 Å². The van der Waals surface area contributed by atoms with Crippen molar-refractivity contribution in [2.45, 2.75) is 32.7 Å². The Hall–Kier alpha value is -1.89. The van der Waals surface area contributed by atoms with Crippen LogP contribution in [0.4, 0.5) is 13.2 Å². The topological polar surface area (TPSA) is 50.9 Å². The molecule has 20 heavy (non-hydrogen) atoms. The summed E-state index contributed by atoms with van der Waals surface area (Å²) in [4.78, 5) is 4.08. The molecule has 0 saturated heterocycles. The predicted molar refractivity (Wildman–Crippen MR) is 65.9 cm³/mol. The molecule has 1 aromatic carbocycles. The fourth-order valence-electron chi connectivity index (χ4n) is 1.93. The largest absolute Gasteiger partial charge is 0.416 e. The van der Waals surface area contributed by atoms with Crippen LogP contribution in [-0.4, -0.2) is 19.9 Å². The minimum absolute atomic E-state index is 0.0635. The molecule has 0 saturated carbocycles. The number of aliphatic hydroxyl groups excluding tert-OH is 1. The van der Waals surface area contributed by atoms with Gasteiger partial charge < -0.3 is 5.11 Å². The molecule has 1 heterocycles. The summed E-state index contributed by atoms with van der Waals surface area (Å²) in [5, 5.41) is 14.1. The van der Waals surface area contributed by atoms with Gasteiger partial charge in [0, 0.05) is 0 Å². The van der Waals surface area contributed by atoms with E-state index in [2.05, 4.69) is 10.1 Å². The highest BCUT2D eigenvalue weighted by molar-refractivity contribution is 5.27. The molecular formula is C13H14F3N3O. The Morgan fingerprint density at radius 2 is 2.00 bits per heavy atom. The lowest BCUT2D eigenvalue weighted by Crippen LogP contribution is -2.13. The molecule has 108 valence electrons. The third-order valence-electron chi connectivity index (χ3n) is 2.91. The first kappa shape index (κ1) is 14.5. The number of hydrogen-bond acceptors (Lipinski definition) is 3. The van der Waals surface area contributed by atoms with Crippen molar-refractivity contribution < 1.29 is 18.3 Å². The Kier molecular flexibility index (Phi) is 3.80. The molecule has 1 N–H and O–H groups in total. The van der Waals surface area contributed by atoms with Gasteiger partial charge in [-0.2, -0.15) is 18.3 Å². The van der Waals surface area contributed by atoms with E-state index >= 15 is 0 Å². The van der Waals surface area contributed by atoms with E-state index in [4.69, 9.17) is 0 Å². The molecule has 2 rings (SSSR count). The maximum Gasteiger partial charge on any atom is 0.416 e. The zero-order valence-corrected chi connectivity index (χ0v) is 11.0. The highest BCUT2D eigenvalue weighted by atomic mass is 19.4. The summed E-state index contributed by atoms with van der Waals surface area (Å²) in [6, 6.07) is 4.66. The fourth-order valence-corrected chi connectivity index (χ4v) is 1.93. The molecule has 7 heteroatoms. The van der Waals surface area contributed by atoms with Crippen LogP contribution in [0.15, 0.2) is 24.3 Å². The van der Waals surface area contributed by atoms with Crippen LogP contribution < -0.4 is 0 Å². The molecule has 1 unspecified atom stereocenters. The smallest absolute Gasteiger partial charge is 0.386 e. The lowest BCUT2D eigenvalue weighted by atomic mass is 10.1. The van der Waals surface area contributed by atoms with Crippen LogP contribution in [0.3, 0.4) is 0 Å². The van der Waals surface area contributed by atoms with Crippen LogP contribution in [-0.2, 0) is 12.7 Å². The van der Waals surface area contributed by atoms with Gasteiger partial charge in [0.2, 0.25) is 0 Å². The van der Waals surface area contributed by atoms with Gasteiger partial charge >= 0.3 is 6.18 Å². The van der Waals surface area contributed by atoms with E-state index in [1.54, 1.807) is 13.8 Å². The van der Waals surface area contributed by atoms with Gasteiger partial charge in [-0.3, -0.25) is 0 Å². The van der Waals surface area contributed by atoms with Gasteiger partial charge in [0.05, 0.1) is 18.2 Å². The van der Waals surface area contributed by atoms with Crippen LogP contribution in [0.25, 0.3) is 0 Å². The standard InChI is InChI=1S/C13H14F3N3O/c1-8-17-9(2)19(18-8)7-12(20)10-4-3-5-11(6-10)13(14,15)16/h3-6,12,20H,7H2,1-2H3. The molecule has 0 aliphatic heterocycles. The Labute approximate surface area is 113 Å². The summed E-state index contributed by atoms with van der Waals surface area (Å²) in [5.41, 5.74) is -0.576. The van der Waals surface area contributed by atoms with E-state index in [0.29, 0.717) is 11.6 Å². The predicted octanol–water partition coefficient (Wildman–Crippen LogP) is 2.65. The Balaban J connectivity index is 2.21. The highest BCUT2D eigenvalue weighted by Gasteiger charge is 2.30. The third-order valence-corrected chi connectivity index (χ3v) is 2.91. The molecular weight excluding hydrogens is 271 g/mol. The van der Waals surface area contributed by atoms with Gasteiger partial charge in [-0.15, -0.1) is 0 Å². The Morgan fingerprint density at radius 3 is 2.55 bits per heavy atom. The van der Waals surface area contributed by atoms with Crippen LogP contribution in [0.5, 0.6) is 0 Å². The maximum absolute atomic E-state index is 12.6. The number of benzene rings is 1. The van der Waals surface area contributed by atoms with Crippen molar-refractivity contribution in [3.05, 3.63) is 47.0 Å². The van der Waals surface area contributed by atoms with Crippen LogP contribution >= 0.6 is 0 Å². The van der Waals surface area contributed by atoms with Crippen LogP contribution in [0.1, 0.15) is 28.9 Å². The Morgan fingerprint density at radius 1 is 1.30 bits per heavy atom. The lowest BCUT2D eigenvalue weighted by molar-refractivity contribution is -0.137.